The van der Waals surface area contributed by atoms with E-state index in [9.17, 15) is 4.79 Å². The molecule has 2 fully saturated rings. The second-order valence-electron chi connectivity index (χ2n) is 8.32. The molecule has 2 aliphatic heterocycles. The minimum absolute atomic E-state index is 0.0188. The van der Waals surface area contributed by atoms with Crippen molar-refractivity contribution >= 4 is 17.7 Å². The number of pyridine rings is 1. The molecule has 0 saturated carbocycles. The lowest BCUT2D eigenvalue weighted by Gasteiger charge is -2.33. The van der Waals surface area contributed by atoms with Gasteiger partial charge in [0.25, 0.3) is 0 Å². The zero-order valence-electron chi connectivity index (χ0n) is 18.3. The van der Waals surface area contributed by atoms with Gasteiger partial charge in [-0.1, -0.05) is 6.07 Å². The number of hydrogen-bond donors (Lipinski definition) is 2. The van der Waals surface area contributed by atoms with Crippen molar-refractivity contribution in [1.29, 1.82) is 0 Å². The minimum atomic E-state index is -0.190. The molecule has 3 rings (SSSR count). The fourth-order valence-electron chi connectivity index (χ4n) is 4.31. The highest BCUT2D eigenvalue weighted by Gasteiger charge is 2.25. The molecule has 0 bridgehead atoms. The second-order valence-corrected chi connectivity index (χ2v) is 8.32. The molecule has 0 unspecified atom stereocenters. The summed E-state index contributed by atoms with van der Waals surface area (Å²) in [6.07, 6.45) is 6.88. The Labute approximate surface area is 179 Å². The van der Waals surface area contributed by atoms with Gasteiger partial charge in [-0.3, -0.25) is 9.79 Å². The standard InChI is InChI=1S/C22H36N6O2/c1-24-22(27(2)11-5-17-8-14-30-15-9-17)26-16-19-4-3-10-25-21(19)28-12-6-18(7-13-28)20(23)29/h3-4,10,17-18H,5-9,11-16H2,1-2H3,(H2,23,29)(H,24,26). The summed E-state index contributed by atoms with van der Waals surface area (Å²) in [6.45, 7) is 5.02. The van der Waals surface area contributed by atoms with Crippen LogP contribution in [0.5, 0.6) is 0 Å². The molecule has 1 aromatic heterocycles. The first-order valence-electron chi connectivity index (χ1n) is 11.1. The lowest BCUT2D eigenvalue weighted by molar-refractivity contribution is -0.122. The van der Waals surface area contributed by atoms with Crippen molar-refractivity contribution in [1.82, 2.24) is 15.2 Å². The average Bonchev–Trinajstić information content (AvgIpc) is 2.79. The number of guanidine groups is 1. The van der Waals surface area contributed by atoms with Crippen molar-refractivity contribution in [2.24, 2.45) is 22.6 Å². The van der Waals surface area contributed by atoms with Gasteiger partial charge in [0.1, 0.15) is 5.82 Å². The molecule has 8 nitrogen and oxygen atoms in total. The molecule has 0 radical (unpaired) electrons. The molecule has 166 valence electrons. The molecule has 2 saturated heterocycles. The lowest BCUT2D eigenvalue weighted by atomic mass is 9.96. The topological polar surface area (TPSA) is 96.1 Å². The van der Waals surface area contributed by atoms with Crippen LogP contribution in [-0.2, 0) is 16.1 Å². The first kappa shape index (κ1) is 22.3. The summed E-state index contributed by atoms with van der Waals surface area (Å²) in [7, 11) is 3.92. The number of primary amides is 1. The molecule has 0 atom stereocenters. The fraction of sp³-hybridized carbons (Fsp3) is 0.682. The number of carbonyl (C=O) groups is 1. The van der Waals surface area contributed by atoms with Crippen LogP contribution in [0.4, 0.5) is 5.82 Å². The molecular formula is C22H36N6O2. The number of anilines is 1. The number of nitrogens with two attached hydrogens (primary N) is 1. The maximum Gasteiger partial charge on any atom is 0.220 e. The highest BCUT2D eigenvalue weighted by atomic mass is 16.5. The van der Waals surface area contributed by atoms with Gasteiger partial charge in [0.15, 0.2) is 5.96 Å². The van der Waals surface area contributed by atoms with Gasteiger partial charge in [0, 0.05) is 71.2 Å². The third-order valence-electron chi connectivity index (χ3n) is 6.29. The lowest BCUT2D eigenvalue weighted by Crippen LogP contribution is -2.41. The van der Waals surface area contributed by atoms with Gasteiger partial charge in [-0.15, -0.1) is 0 Å². The Hall–Kier alpha value is -2.35. The Balaban J connectivity index is 1.53. The number of rotatable bonds is 7. The number of ether oxygens (including phenoxy) is 1. The summed E-state index contributed by atoms with van der Waals surface area (Å²) in [5, 5.41) is 3.49. The van der Waals surface area contributed by atoms with Crippen LogP contribution in [0.15, 0.2) is 23.3 Å². The number of aromatic nitrogens is 1. The van der Waals surface area contributed by atoms with E-state index in [0.29, 0.717) is 6.54 Å². The predicted molar refractivity (Wildman–Crippen MR) is 119 cm³/mol. The largest absolute Gasteiger partial charge is 0.381 e. The Morgan fingerprint density at radius 2 is 2.07 bits per heavy atom. The summed E-state index contributed by atoms with van der Waals surface area (Å²) in [4.78, 5) is 25.0. The molecule has 8 heteroatoms. The van der Waals surface area contributed by atoms with Gasteiger partial charge in [-0.05, 0) is 44.1 Å². The molecule has 1 amide bonds. The van der Waals surface area contributed by atoms with E-state index in [1.54, 1.807) is 0 Å². The van der Waals surface area contributed by atoms with E-state index < -0.39 is 0 Å². The first-order chi connectivity index (χ1) is 14.6. The zero-order valence-corrected chi connectivity index (χ0v) is 18.3. The van der Waals surface area contributed by atoms with Gasteiger partial charge in [0.05, 0.1) is 0 Å². The number of carbonyl (C=O) groups excluding carboxylic acids is 1. The molecule has 0 aromatic carbocycles. The zero-order chi connectivity index (χ0) is 21.3. The van der Waals surface area contributed by atoms with E-state index in [-0.39, 0.29) is 11.8 Å². The quantitative estimate of drug-likeness (QED) is 0.518. The summed E-state index contributed by atoms with van der Waals surface area (Å²) in [5.41, 5.74) is 6.60. The average molecular weight is 417 g/mol. The monoisotopic (exact) mass is 416 g/mol. The van der Waals surface area contributed by atoms with Crippen molar-refractivity contribution in [3.8, 4) is 0 Å². The van der Waals surface area contributed by atoms with Crippen LogP contribution in [0.25, 0.3) is 0 Å². The van der Waals surface area contributed by atoms with E-state index >= 15 is 0 Å². The number of nitrogens with zero attached hydrogens (tertiary/aromatic N) is 4. The molecule has 0 aliphatic carbocycles. The number of nitrogens with one attached hydrogen (secondary N) is 1. The number of piperidine rings is 1. The van der Waals surface area contributed by atoms with E-state index in [1.165, 1.54) is 0 Å². The SMILES string of the molecule is CN=C(NCc1cccnc1N1CCC(C(N)=O)CC1)N(C)CCC1CCOCC1. The van der Waals surface area contributed by atoms with Crippen LogP contribution in [0.1, 0.15) is 37.7 Å². The maximum atomic E-state index is 11.4. The van der Waals surface area contributed by atoms with E-state index in [2.05, 4.69) is 38.2 Å². The summed E-state index contributed by atoms with van der Waals surface area (Å²) < 4.78 is 5.46. The normalized spacial score (nSPS) is 19.0. The maximum absolute atomic E-state index is 11.4. The smallest absolute Gasteiger partial charge is 0.220 e. The third kappa shape index (κ3) is 6.08. The van der Waals surface area contributed by atoms with Crippen LogP contribution in [0, 0.1) is 11.8 Å². The fourth-order valence-corrected chi connectivity index (χ4v) is 4.31. The van der Waals surface area contributed by atoms with Crippen LogP contribution in [0.2, 0.25) is 0 Å². The predicted octanol–water partition coefficient (Wildman–Crippen LogP) is 1.61. The highest BCUT2D eigenvalue weighted by molar-refractivity contribution is 5.79. The first-order valence-corrected chi connectivity index (χ1v) is 11.1. The molecule has 2 aliphatic rings. The van der Waals surface area contributed by atoms with Crippen LogP contribution in [0.3, 0.4) is 0 Å². The Morgan fingerprint density at radius 3 is 2.73 bits per heavy atom. The molecule has 3 N–H and O–H groups in total. The molecule has 30 heavy (non-hydrogen) atoms. The van der Waals surface area contributed by atoms with Crippen molar-refractivity contribution in [3.63, 3.8) is 0 Å². The van der Waals surface area contributed by atoms with Crippen molar-refractivity contribution < 1.29 is 9.53 Å². The van der Waals surface area contributed by atoms with Crippen molar-refractivity contribution in [2.75, 3.05) is 51.8 Å². The third-order valence-corrected chi connectivity index (χ3v) is 6.29. The van der Waals surface area contributed by atoms with Crippen molar-refractivity contribution in [2.45, 2.75) is 38.6 Å². The molecule has 3 heterocycles. The van der Waals surface area contributed by atoms with E-state index in [0.717, 1.165) is 88.2 Å². The Morgan fingerprint density at radius 1 is 1.33 bits per heavy atom. The van der Waals surface area contributed by atoms with Gasteiger partial charge >= 0.3 is 0 Å². The number of hydrogen-bond acceptors (Lipinski definition) is 5. The number of aliphatic imine (C=N–C) groups is 1. The number of amides is 1. The van der Waals surface area contributed by atoms with Crippen LogP contribution >= 0.6 is 0 Å². The second kappa shape index (κ2) is 11.2. The van der Waals surface area contributed by atoms with Gasteiger partial charge < -0.3 is 25.6 Å². The van der Waals surface area contributed by atoms with Crippen LogP contribution < -0.4 is 16.0 Å². The van der Waals surface area contributed by atoms with Crippen LogP contribution in [-0.4, -0.2) is 68.7 Å². The minimum Gasteiger partial charge on any atom is -0.381 e. The summed E-state index contributed by atoms with van der Waals surface area (Å²) in [6, 6.07) is 4.07. The Bertz CT molecular complexity index is 711. The van der Waals surface area contributed by atoms with Gasteiger partial charge in [-0.2, -0.15) is 0 Å². The summed E-state index contributed by atoms with van der Waals surface area (Å²) >= 11 is 0. The van der Waals surface area contributed by atoms with Gasteiger partial charge in [-0.25, -0.2) is 4.98 Å². The van der Waals surface area contributed by atoms with Crippen molar-refractivity contribution in [3.05, 3.63) is 23.9 Å². The molecule has 1 aromatic rings. The van der Waals surface area contributed by atoms with Gasteiger partial charge in [0.2, 0.25) is 5.91 Å². The van der Waals surface area contributed by atoms with E-state index in [1.807, 2.05) is 19.3 Å². The molecular weight excluding hydrogens is 380 g/mol. The Kier molecular flexibility index (Phi) is 8.30. The van der Waals surface area contributed by atoms with E-state index in [4.69, 9.17) is 10.5 Å². The highest BCUT2D eigenvalue weighted by Crippen LogP contribution is 2.24. The summed E-state index contributed by atoms with van der Waals surface area (Å²) in [5.74, 6) is 2.41. The molecule has 0 spiro atoms.